The summed E-state index contributed by atoms with van der Waals surface area (Å²) in [5, 5.41) is 0. The highest BCUT2D eigenvalue weighted by molar-refractivity contribution is 5.84. The molecular formula is C23H30N2O. The maximum atomic E-state index is 6.34. The minimum atomic E-state index is 0.230. The minimum absolute atomic E-state index is 0.230. The van der Waals surface area contributed by atoms with Crippen molar-refractivity contribution >= 4 is 5.65 Å². The van der Waals surface area contributed by atoms with Crippen LogP contribution in [0.5, 0.6) is 5.88 Å². The van der Waals surface area contributed by atoms with Gasteiger partial charge in [0.15, 0.2) is 0 Å². The molecule has 0 radical (unpaired) electrons. The smallest absolute Gasteiger partial charge is 0.201 e. The molecule has 3 heteroatoms. The molecule has 2 heterocycles. The Bertz CT molecular complexity index is 925. The summed E-state index contributed by atoms with van der Waals surface area (Å²) < 4.78 is 8.51. The van der Waals surface area contributed by atoms with Crippen molar-refractivity contribution in [2.24, 2.45) is 0 Å². The van der Waals surface area contributed by atoms with Gasteiger partial charge in [0.05, 0.1) is 6.10 Å². The predicted molar refractivity (Wildman–Crippen MR) is 109 cm³/mol. The maximum absolute atomic E-state index is 6.34. The van der Waals surface area contributed by atoms with Crippen LogP contribution in [0.3, 0.4) is 0 Å². The molecule has 0 saturated heterocycles. The van der Waals surface area contributed by atoms with Crippen molar-refractivity contribution in [1.82, 2.24) is 9.38 Å². The summed E-state index contributed by atoms with van der Waals surface area (Å²) in [5.74, 6) is 0.896. The van der Waals surface area contributed by atoms with E-state index in [2.05, 4.69) is 70.2 Å². The lowest BCUT2D eigenvalue weighted by atomic mass is 9.95. The molecule has 0 N–H and O–H groups in total. The van der Waals surface area contributed by atoms with E-state index in [0.717, 1.165) is 35.8 Å². The van der Waals surface area contributed by atoms with Gasteiger partial charge in [-0.15, -0.1) is 0 Å². The zero-order chi connectivity index (χ0) is 19.0. The number of fused-ring (bicyclic) bond motifs is 1. The number of nitrogens with zero attached hydrogens (tertiary/aromatic N) is 2. The molecule has 0 aliphatic heterocycles. The first-order valence-electron chi connectivity index (χ1n) is 9.60. The molecule has 1 aromatic carbocycles. The van der Waals surface area contributed by atoms with Gasteiger partial charge in [-0.2, -0.15) is 0 Å². The fourth-order valence-corrected chi connectivity index (χ4v) is 3.96. The fourth-order valence-electron chi connectivity index (χ4n) is 3.96. The van der Waals surface area contributed by atoms with Crippen molar-refractivity contribution in [3.63, 3.8) is 0 Å². The molecule has 0 aliphatic carbocycles. The Balaban J connectivity index is 2.26. The normalized spacial score (nSPS) is 11.5. The number of hydrogen-bond acceptors (Lipinski definition) is 2. The Kier molecular flexibility index (Phi) is 5.08. The maximum Gasteiger partial charge on any atom is 0.201 e. The van der Waals surface area contributed by atoms with E-state index in [4.69, 9.17) is 9.72 Å². The summed E-state index contributed by atoms with van der Waals surface area (Å²) in [4.78, 5) is 4.88. The Hall–Kier alpha value is -2.29. The third-order valence-corrected chi connectivity index (χ3v) is 5.14. The van der Waals surface area contributed by atoms with Crippen molar-refractivity contribution in [2.75, 3.05) is 0 Å². The summed E-state index contributed by atoms with van der Waals surface area (Å²) in [6, 6.07) is 8.79. The highest BCUT2D eigenvalue weighted by Gasteiger charge is 2.18. The zero-order valence-corrected chi connectivity index (χ0v) is 17.1. The van der Waals surface area contributed by atoms with Crippen molar-refractivity contribution in [3.8, 4) is 17.0 Å². The second-order valence-corrected chi connectivity index (χ2v) is 7.42. The SMILES string of the molecule is CCC(CC)Oc1cc(C)nc2c(-c3c(C)cc(C)cc3C)cc(C)n12. The van der Waals surface area contributed by atoms with Gasteiger partial charge in [-0.05, 0) is 70.2 Å². The lowest BCUT2D eigenvalue weighted by molar-refractivity contribution is 0.182. The topological polar surface area (TPSA) is 26.5 Å². The standard InChI is InChI=1S/C23H30N2O/c1-8-19(9-2)26-21-12-17(6)24-23-20(13-18(7)25(21)23)22-15(4)10-14(3)11-16(22)5/h10-13,19H,8-9H2,1-7H3. The third kappa shape index (κ3) is 3.23. The van der Waals surface area contributed by atoms with Gasteiger partial charge in [-0.3, -0.25) is 4.40 Å². The first-order valence-corrected chi connectivity index (χ1v) is 9.60. The van der Waals surface area contributed by atoms with Gasteiger partial charge in [-0.1, -0.05) is 31.5 Å². The van der Waals surface area contributed by atoms with Gasteiger partial charge in [0.1, 0.15) is 5.65 Å². The summed E-state index contributed by atoms with van der Waals surface area (Å²) >= 11 is 0. The third-order valence-electron chi connectivity index (χ3n) is 5.14. The predicted octanol–water partition coefficient (Wildman–Crippen LogP) is 6.11. The summed E-state index contributed by atoms with van der Waals surface area (Å²) in [7, 11) is 0. The Morgan fingerprint density at radius 3 is 2.12 bits per heavy atom. The molecule has 26 heavy (non-hydrogen) atoms. The lowest BCUT2D eigenvalue weighted by Gasteiger charge is -2.18. The van der Waals surface area contributed by atoms with Gasteiger partial charge in [0.25, 0.3) is 0 Å². The first-order chi connectivity index (χ1) is 12.3. The van der Waals surface area contributed by atoms with Crippen LogP contribution >= 0.6 is 0 Å². The number of aromatic nitrogens is 2. The molecule has 0 aliphatic rings. The number of ether oxygens (including phenoxy) is 1. The highest BCUT2D eigenvalue weighted by Crippen LogP contribution is 2.35. The highest BCUT2D eigenvalue weighted by atomic mass is 16.5. The minimum Gasteiger partial charge on any atom is -0.475 e. The van der Waals surface area contributed by atoms with Gasteiger partial charge < -0.3 is 4.74 Å². The van der Waals surface area contributed by atoms with Crippen LogP contribution in [0.4, 0.5) is 0 Å². The van der Waals surface area contributed by atoms with Crippen molar-refractivity contribution < 1.29 is 4.74 Å². The fraction of sp³-hybridized carbons (Fsp3) is 0.435. The molecule has 0 amide bonds. The number of benzene rings is 1. The van der Waals surface area contributed by atoms with E-state index < -0.39 is 0 Å². The molecule has 0 fully saturated rings. The van der Waals surface area contributed by atoms with Crippen LogP contribution in [-0.2, 0) is 0 Å². The average molecular weight is 351 g/mol. The second kappa shape index (κ2) is 7.14. The van der Waals surface area contributed by atoms with Crippen LogP contribution < -0.4 is 4.74 Å². The van der Waals surface area contributed by atoms with E-state index in [-0.39, 0.29) is 6.10 Å². The van der Waals surface area contributed by atoms with E-state index in [1.807, 2.05) is 6.92 Å². The molecule has 0 spiro atoms. The van der Waals surface area contributed by atoms with E-state index in [0.29, 0.717) is 0 Å². The summed E-state index contributed by atoms with van der Waals surface area (Å²) in [6.07, 6.45) is 2.24. The van der Waals surface area contributed by atoms with Gasteiger partial charge >= 0.3 is 0 Å². The van der Waals surface area contributed by atoms with E-state index in [1.54, 1.807) is 0 Å². The van der Waals surface area contributed by atoms with Crippen LogP contribution in [0.2, 0.25) is 0 Å². The second-order valence-electron chi connectivity index (χ2n) is 7.42. The lowest BCUT2D eigenvalue weighted by Crippen LogP contribution is -2.16. The Labute approximate surface area is 157 Å². The molecule has 0 unspecified atom stereocenters. The van der Waals surface area contributed by atoms with Crippen LogP contribution in [-0.4, -0.2) is 15.5 Å². The van der Waals surface area contributed by atoms with E-state index in [1.165, 1.54) is 27.8 Å². The van der Waals surface area contributed by atoms with E-state index >= 15 is 0 Å². The van der Waals surface area contributed by atoms with Crippen molar-refractivity contribution in [1.29, 1.82) is 0 Å². The molecule has 3 nitrogen and oxygen atoms in total. The molecule has 2 aromatic heterocycles. The molecule has 0 saturated carbocycles. The first kappa shape index (κ1) is 18.5. The number of hydrogen-bond donors (Lipinski definition) is 0. The van der Waals surface area contributed by atoms with E-state index in [9.17, 15) is 0 Å². The molecule has 138 valence electrons. The summed E-state index contributed by atoms with van der Waals surface area (Å²) in [6.45, 7) is 15.0. The van der Waals surface area contributed by atoms with Crippen molar-refractivity contribution in [3.05, 3.63) is 52.3 Å². The van der Waals surface area contributed by atoms with Crippen LogP contribution in [0.25, 0.3) is 16.8 Å². The van der Waals surface area contributed by atoms with Crippen LogP contribution in [0.15, 0.2) is 24.3 Å². The average Bonchev–Trinajstić information content (AvgIpc) is 2.88. The summed E-state index contributed by atoms with van der Waals surface area (Å²) in [5.41, 5.74) is 9.48. The molecule has 3 aromatic rings. The largest absolute Gasteiger partial charge is 0.475 e. The molecule has 0 atom stereocenters. The van der Waals surface area contributed by atoms with Gasteiger partial charge in [0, 0.05) is 23.0 Å². The number of aryl methyl sites for hydroxylation is 5. The Morgan fingerprint density at radius 1 is 0.923 bits per heavy atom. The van der Waals surface area contributed by atoms with Crippen LogP contribution in [0.1, 0.15) is 54.8 Å². The monoisotopic (exact) mass is 350 g/mol. The van der Waals surface area contributed by atoms with Crippen molar-refractivity contribution in [2.45, 2.75) is 67.4 Å². The Morgan fingerprint density at radius 2 is 1.54 bits per heavy atom. The zero-order valence-electron chi connectivity index (χ0n) is 17.1. The molecular weight excluding hydrogens is 320 g/mol. The molecule has 0 bridgehead atoms. The van der Waals surface area contributed by atoms with Crippen LogP contribution in [0, 0.1) is 34.6 Å². The van der Waals surface area contributed by atoms with Gasteiger partial charge in [0.2, 0.25) is 5.88 Å². The molecule has 3 rings (SSSR count). The van der Waals surface area contributed by atoms with Gasteiger partial charge in [-0.25, -0.2) is 4.98 Å². The quantitative estimate of drug-likeness (QED) is 0.555. The number of rotatable bonds is 5.